The molecule has 0 aromatic carbocycles. The molecular formula is C8H20N2O4. The topological polar surface area (TPSA) is 145 Å². The fourth-order valence-corrected chi connectivity index (χ4v) is 0.906. The molecule has 86 valence electrons. The first-order valence-corrected chi connectivity index (χ1v) is 4.06. The molecule has 0 unspecified atom stereocenters. The maximum absolute atomic E-state index is 10.0. The van der Waals surface area contributed by atoms with E-state index < -0.39 is 11.9 Å². The lowest BCUT2D eigenvalue weighted by Gasteiger charge is -1.96. The second-order valence-corrected chi connectivity index (χ2v) is 2.70. The SMILES string of the molecule is N.N.O=C(O)CCCCCCC(=O)O. The van der Waals surface area contributed by atoms with Crippen LogP contribution in [-0.4, -0.2) is 22.2 Å². The minimum Gasteiger partial charge on any atom is -0.481 e. The highest BCUT2D eigenvalue weighted by Crippen LogP contribution is 2.04. The molecule has 0 saturated carbocycles. The highest BCUT2D eigenvalue weighted by atomic mass is 16.4. The molecule has 0 bridgehead atoms. The van der Waals surface area contributed by atoms with Crippen LogP contribution in [-0.2, 0) is 9.59 Å². The molecule has 0 aromatic heterocycles. The lowest BCUT2D eigenvalue weighted by atomic mass is 10.1. The third-order valence-corrected chi connectivity index (χ3v) is 1.53. The molecule has 8 N–H and O–H groups in total. The van der Waals surface area contributed by atoms with Crippen LogP contribution in [0.25, 0.3) is 0 Å². The standard InChI is InChI=1S/C8H14O4.2H3N/c9-7(10)5-3-1-2-4-6-8(11)12;;/h1-6H2,(H,9,10)(H,11,12);2*1H3. The molecule has 0 aliphatic carbocycles. The van der Waals surface area contributed by atoms with E-state index in [1.807, 2.05) is 0 Å². The molecule has 14 heavy (non-hydrogen) atoms. The van der Waals surface area contributed by atoms with E-state index in [-0.39, 0.29) is 25.1 Å². The van der Waals surface area contributed by atoms with Gasteiger partial charge in [0, 0.05) is 12.8 Å². The number of unbranched alkanes of at least 4 members (excludes halogenated alkanes) is 3. The maximum Gasteiger partial charge on any atom is 0.303 e. The average molecular weight is 208 g/mol. The summed E-state index contributed by atoms with van der Waals surface area (Å²) in [5.41, 5.74) is 0. The van der Waals surface area contributed by atoms with Gasteiger partial charge in [0.15, 0.2) is 0 Å². The van der Waals surface area contributed by atoms with Gasteiger partial charge in [-0.25, -0.2) is 0 Å². The van der Waals surface area contributed by atoms with E-state index in [9.17, 15) is 9.59 Å². The Kier molecular flexibility index (Phi) is 15.8. The van der Waals surface area contributed by atoms with Crippen molar-refractivity contribution in [1.82, 2.24) is 12.3 Å². The summed E-state index contributed by atoms with van der Waals surface area (Å²) in [6, 6.07) is 0. The quantitative estimate of drug-likeness (QED) is 0.469. The lowest BCUT2D eigenvalue weighted by Crippen LogP contribution is -1.95. The first kappa shape index (κ1) is 18.6. The molecule has 0 aromatic rings. The summed E-state index contributed by atoms with van der Waals surface area (Å²) in [5.74, 6) is -1.57. The largest absolute Gasteiger partial charge is 0.481 e. The van der Waals surface area contributed by atoms with Gasteiger partial charge in [0.2, 0.25) is 0 Å². The fourth-order valence-electron chi connectivity index (χ4n) is 0.906. The highest BCUT2D eigenvalue weighted by molar-refractivity contribution is 5.66. The Bertz CT molecular complexity index is 143. The van der Waals surface area contributed by atoms with Crippen molar-refractivity contribution in [2.24, 2.45) is 0 Å². The van der Waals surface area contributed by atoms with E-state index in [1.165, 1.54) is 0 Å². The predicted molar refractivity (Wildman–Crippen MR) is 53.0 cm³/mol. The first-order chi connectivity index (χ1) is 5.63. The Morgan fingerprint density at radius 2 is 1.00 bits per heavy atom. The van der Waals surface area contributed by atoms with Crippen molar-refractivity contribution in [2.45, 2.75) is 38.5 Å². The number of aliphatic carboxylic acids is 2. The second-order valence-electron chi connectivity index (χ2n) is 2.70. The smallest absolute Gasteiger partial charge is 0.303 e. The summed E-state index contributed by atoms with van der Waals surface area (Å²) >= 11 is 0. The number of hydrogen-bond donors (Lipinski definition) is 4. The van der Waals surface area contributed by atoms with Crippen molar-refractivity contribution < 1.29 is 19.8 Å². The van der Waals surface area contributed by atoms with Crippen molar-refractivity contribution in [3.63, 3.8) is 0 Å². The van der Waals surface area contributed by atoms with Crippen LogP contribution in [0.15, 0.2) is 0 Å². The van der Waals surface area contributed by atoms with Gasteiger partial charge in [-0.3, -0.25) is 9.59 Å². The van der Waals surface area contributed by atoms with Crippen molar-refractivity contribution >= 4 is 11.9 Å². The van der Waals surface area contributed by atoms with E-state index in [4.69, 9.17) is 10.2 Å². The van der Waals surface area contributed by atoms with Gasteiger partial charge in [-0.1, -0.05) is 12.8 Å². The van der Waals surface area contributed by atoms with Gasteiger partial charge in [0.25, 0.3) is 0 Å². The van der Waals surface area contributed by atoms with Crippen LogP contribution in [0, 0.1) is 0 Å². The van der Waals surface area contributed by atoms with Crippen LogP contribution in [0.4, 0.5) is 0 Å². The van der Waals surface area contributed by atoms with Gasteiger partial charge in [-0.15, -0.1) is 0 Å². The molecular weight excluding hydrogens is 188 g/mol. The van der Waals surface area contributed by atoms with Crippen molar-refractivity contribution in [3.05, 3.63) is 0 Å². The average Bonchev–Trinajstić information content (AvgIpc) is 1.95. The van der Waals surface area contributed by atoms with Crippen LogP contribution in [0.5, 0.6) is 0 Å². The summed E-state index contributed by atoms with van der Waals surface area (Å²) in [6.07, 6.45) is 3.28. The van der Waals surface area contributed by atoms with Gasteiger partial charge >= 0.3 is 11.9 Å². The maximum atomic E-state index is 10.0. The molecule has 0 saturated heterocycles. The zero-order valence-corrected chi connectivity index (χ0v) is 8.37. The number of carboxylic acids is 2. The Morgan fingerprint density at radius 1 is 0.714 bits per heavy atom. The van der Waals surface area contributed by atoms with Gasteiger partial charge in [-0.05, 0) is 12.8 Å². The molecule has 0 aliphatic rings. The van der Waals surface area contributed by atoms with Crippen LogP contribution in [0.3, 0.4) is 0 Å². The van der Waals surface area contributed by atoms with Crippen LogP contribution >= 0.6 is 0 Å². The zero-order valence-electron chi connectivity index (χ0n) is 8.37. The van der Waals surface area contributed by atoms with E-state index >= 15 is 0 Å². The summed E-state index contributed by atoms with van der Waals surface area (Å²) in [4.78, 5) is 20.1. The van der Waals surface area contributed by atoms with Gasteiger partial charge in [-0.2, -0.15) is 0 Å². The summed E-state index contributed by atoms with van der Waals surface area (Å²) < 4.78 is 0. The summed E-state index contributed by atoms with van der Waals surface area (Å²) in [6.45, 7) is 0. The van der Waals surface area contributed by atoms with Gasteiger partial charge < -0.3 is 22.5 Å². The number of carbonyl (C=O) groups is 2. The van der Waals surface area contributed by atoms with Crippen LogP contribution in [0.2, 0.25) is 0 Å². The first-order valence-electron chi connectivity index (χ1n) is 4.06. The van der Waals surface area contributed by atoms with Crippen LogP contribution < -0.4 is 12.3 Å². The number of rotatable bonds is 7. The molecule has 0 heterocycles. The Hall–Kier alpha value is -1.14. The molecule has 0 rings (SSSR count). The third kappa shape index (κ3) is 17.1. The molecule has 0 amide bonds. The van der Waals surface area contributed by atoms with Gasteiger partial charge in [0.05, 0.1) is 0 Å². The molecule has 0 aliphatic heterocycles. The minimum absolute atomic E-state index is 0. The third-order valence-electron chi connectivity index (χ3n) is 1.53. The zero-order chi connectivity index (χ0) is 9.40. The lowest BCUT2D eigenvalue weighted by molar-refractivity contribution is -0.138. The van der Waals surface area contributed by atoms with E-state index in [0.717, 1.165) is 12.8 Å². The van der Waals surface area contributed by atoms with E-state index in [0.29, 0.717) is 12.8 Å². The molecule has 0 spiro atoms. The Balaban J connectivity index is -0.000000605. The molecule has 0 fully saturated rings. The fraction of sp³-hybridized carbons (Fsp3) is 0.750. The van der Waals surface area contributed by atoms with Crippen molar-refractivity contribution in [3.8, 4) is 0 Å². The highest BCUT2D eigenvalue weighted by Gasteiger charge is 1.98. The number of hydrogen-bond acceptors (Lipinski definition) is 4. The van der Waals surface area contributed by atoms with Crippen molar-refractivity contribution in [1.29, 1.82) is 0 Å². The normalized spacial score (nSPS) is 8.29. The molecule has 6 heteroatoms. The van der Waals surface area contributed by atoms with Crippen molar-refractivity contribution in [2.75, 3.05) is 0 Å². The summed E-state index contributed by atoms with van der Waals surface area (Å²) in [5, 5.41) is 16.5. The van der Waals surface area contributed by atoms with Gasteiger partial charge in [0.1, 0.15) is 0 Å². The monoisotopic (exact) mass is 208 g/mol. The second kappa shape index (κ2) is 11.9. The number of carboxylic acid groups (broad SMARTS) is 2. The van der Waals surface area contributed by atoms with E-state index in [1.54, 1.807) is 0 Å². The minimum atomic E-state index is -0.784. The van der Waals surface area contributed by atoms with Crippen LogP contribution in [0.1, 0.15) is 38.5 Å². The molecule has 0 radical (unpaired) electrons. The molecule has 6 nitrogen and oxygen atoms in total. The summed E-state index contributed by atoms with van der Waals surface area (Å²) in [7, 11) is 0. The Labute approximate surface area is 83.5 Å². The van der Waals surface area contributed by atoms with E-state index in [2.05, 4.69) is 0 Å². The molecule has 0 atom stereocenters. The predicted octanol–water partition coefficient (Wildman–Crippen LogP) is 1.82. The Morgan fingerprint density at radius 3 is 1.21 bits per heavy atom.